The van der Waals surface area contributed by atoms with Gasteiger partial charge in [-0.05, 0) is 25.3 Å². The van der Waals surface area contributed by atoms with Crippen molar-refractivity contribution < 1.29 is 4.79 Å². The molecule has 1 aliphatic rings. The standard InChI is InChI=1S/C8H12NO/c1-3-8(10)9-5-4-7(2)6-9/h3,7H,1-2,4-6H2. The number of likely N-dealkylation sites (tertiary alicyclic amines) is 1. The van der Waals surface area contributed by atoms with E-state index in [9.17, 15) is 4.79 Å². The third kappa shape index (κ3) is 1.38. The molecule has 1 saturated heterocycles. The highest BCUT2D eigenvalue weighted by Gasteiger charge is 2.20. The molecule has 0 aromatic rings. The first-order valence-electron chi connectivity index (χ1n) is 3.48. The van der Waals surface area contributed by atoms with Gasteiger partial charge in [-0.15, -0.1) is 0 Å². The Labute approximate surface area is 61.5 Å². The predicted octanol–water partition coefficient (Wildman–Crippen LogP) is 0.855. The summed E-state index contributed by atoms with van der Waals surface area (Å²) in [5.74, 6) is 0.454. The Hall–Kier alpha value is -0.790. The van der Waals surface area contributed by atoms with Gasteiger partial charge < -0.3 is 4.90 Å². The maximum atomic E-state index is 10.9. The Morgan fingerprint density at radius 1 is 1.70 bits per heavy atom. The maximum absolute atomic E-state index is 10.9. The van der Waals surface area contributed by atoms with E-state index < -0.39 is 0 Å². The van der Waals surface area contributed by atoms with Crippen LogP contribution >= 0.6 is 0 Å². The molecule has 0 N–H and O–H groups in total. The summed E-state index contributed by atoms with van der Waals surface area (Å²) in [4.78, 5) is 12.7. The summed E-state index contributed by atoms with van der Waals surface area (Å²) in [6.45, 7) is 8.94. The van der Waals surface area contributed by atoms with Gasteiger partial charge in [-0.2, -0.15) is 0 Å². The highest BCUT2D eigenvalue weighted by atomic mass is 16.2. The van der Waals surface area contributed by atoms with Crippen molar-refractivity contribution in [3.05, 3.63) is 19.6 Å². The lowest BCUT2D eigenvalue weighted by atomic mass is 10.2. The molecule has 1 fully saturated rings. The number of hydrogen-bond acceptors (Lipinski definition) is 1. The van der Waals surface area contributed by atoms with Crippen LogP contribution in [0.1, 0.15) is 6.42 Å². The minimum atomic E-state index is 0.0335. The van der Waals surface area contributed by atoms with Gasteiger partial charge in [0.05, 0.1) is 0 Å². The predicted molar refractivity (Wildman–Crippen MR) is 40.2 cm³/mol. The van der Waals surface area contributed by atoms with Crippen molar-refractivity contribution in [1.29, 1.82) is 0 Å². The molecule has 55 valence electrons. The van der Waals surface area contributed by atoms with Crippen LogP contribution in [0.15, 0.2) is 12.7 Å². The molecule has 1 rings (SSSR count). The molecule has 1 radical (unpaired) electrons. The van der Waals surface area contributed by atoms with Gasteiger partial charge >= 0.3 is 0 Å². The molecule has 0 aliphatic carbocycles. The van der Waals surface area contributed by atoms with Gasteiger partial charge in [-0.25, -0.2) is 0 Å². The Bertz CT molecular complexity index is 153. The van der Waals surface area contributed by atoms with Crippen LogP contribution in [0.3, 0.4) is 0 Å². The maximum Gasteiger partial charge on any atom is 0.245 e. The van der Waals surface area contributed by atoms with E-state index in [-0.39, 0.29) is 5.91 Å². The smallest absolute Gasteiger partial charge is 0.245 e. The van der Waals surface area contributed by atoms with Gasteiger partial charge in [-0.1, -0.05) is 6.58 Å². The third-order valence-corrected chi connectivity index (χ3v) is 1.77. The number of amides is 1. The first-order chi connectivity index (χ1) is 4.74. The van der Waals surface area contributed by atoms with E-state index in [1.807, 2.05) is 0 Å². The van der Waals surface area contributed by atoms with E-state index in [0.717, 1.165) is 19.5 Å². The zero-order valence-electron chi connectivity index (χ0n) is 6.05. The van der Waals surface area contributed by atoms with Gasteiger partial charge in [-0.3, -0.25) is 4.79 Å². The summed E-state index contributed by atoms with van der Waals surface area (Å²) in [5, 5.41) is 0. The summed E-state index contributed by atoms with van der Waals surface area (Å²) >= 11 is 0. The topological polar surface area (TPSA) is 20.3 Å². The summed E-state index contributed by atoms with van der Waals surface area (Å²) in [7, 11) is 0. The van der Waals surface area contributed by atoms with Crippen molar-refractivity contribution in [3.8, 4) is 0 Å². The van der Waals surface area contributed by atoms with Crippen molar-refractivity contribution >= 4 is 5.91 Å². The molecule has 0 aromatic heterocycles. The largest absolute Gasteiger partial charge is 0.339 e. The van der Waals surface area contributed by atoms with Crippen LogP contribution in [0, 0.1) is 12.8 Å². The second-order valence-electron chi connectivity index (χ2n) is 2.64. The quantitative estimate of drug-likeness (QED) is 0.492. The fourth-order valence-electron chi connectivity index (χ4n) is 1.16. The van der Waals surface area contributed by atoms with Crippen molar-refractivity contribution in [2.75, 3.05) is 13.1 Å². The molecule has 1 aliphatic heterocycles. The first-order valence-corrected chi connectivity index (χ1v) is 3.48. The Morgan fingerprint density at radius 2 is 2.40 bits per heavy atom. The lowest BCUT2D eigenvalue weighted by Gasteiger charge is -2.11. The van der Waals surface area contributed by atoms with Crippen LogP contribution in [-0.4, -0.2) is 23.9 Å². The van der Waals surface area contributed by atoms with E-state index >= 15 is 0 Å². The SMILES string of the molecule is [CH2]C1CCN(C(=O)C=C)C1. The van der Waals surface area contributed by atoms with Crippen LogP contribution in [0.4, 0.5) is 0 Å². The van der Waals surface area contributed by atoms with Gasteiger partial charge in [0, 0.05) is 13.1 Å². The van der Waals surface area contributed by atoms with E-state index in [0.29, 0.717) is 5.92 Å². The van der Waals surface area contributed by atoms with Gasteiger partial charge in [0.2, 0.25) is 5.91 Å². The molecule has 10 heavy (non-hydrogen) atoms. The van der Waals surface area contributed by atoms with Crippen LogP contribution in [0.25, 0.3) is 0 Å². The third-order valence-electron chi connectivity index (χ3n) is 1.77. The summed E-state index contributed by atoms with van der Waals surface area (Å²) in [6, 6.07) is 0. The molecule has 0 saturated carbocycles. The molecule has 0 aromatic carbocycles. The fourth-order valence-corrected chi connectivity index (χ4v) is 1.16. The molecule has 0 spiro atoms. The first kappa shape index (κ1) is 7.32. The van der Waals surface area contributed by atoms with Crippen LogP contribution in [0.2, 0.25) is 0 Å². The molecule has 2 heteroatoms. The normalized spacial score (nSPS) is 24.9. The lowest BCUT2D eigenvalue weighted by Crippen LogP contribution is -2.26. The van der Waals surface area contributed by atoms with Crippen molar-refractivity contribution in [3.63, 3.8) is 0 Å². The molecular weight excluding hydrogens is 126 g/mol. The zero-order chi connectivity index (χ0) is 7.56. The molecule has 2 nitrogen and oxygen atoms in total. The summed E-state index contributed by atoms with van der Waals surface area (Å²) < 4.78 is 0. The van der Waals surface area contributed by atoms with Gasteiger partial charge in [0.15, 0.2) is 0 Å². The van der Waals surface area contributed by atoms with Crippen molar-refractivity contribution in [2.24, 2.45) is 5.92 Å². The number of carbonyl (C=O) groups is 1. The minimum absolute atomic E-state index is 0.0335. The molecule has 1 unspecified atom stereocenters. The number of nitrogens with zero attached hydrogens (tertiary/aromatic N) is 1. The zero-order valence-corrected chi connectivity index (χ0v) is 6.05. The second kappa shape index (κ2) is 2.86. The molecular formula is C8H12NO. The fraction of sp³-hybridized carbons (Fsp3) is 0.500. The Kier molecular flexibility index (Phi) is 2.10. The van der Waals surface area contributed by atoms with E-state index in [1.54, 1.807) is 4.90 Å². The monoisotopic (exact) mass is 138 g/mol. The number of carbonyl (C=O) groups excluding carboxylic acids is 1. The van der Waals surface area contributed by atoms with Crippen molar-refractivity contribution in [2.45, 2.75) is 6.42 Å². The summed E-state index contributed by atoms with van der Waals surface area (Å²) in [6.07, 6.45) is 2.39. The summed E-state index contributed by atoms with van der Waals surface area (Å²) in [5.41, 5.74) is 0. The van der Waals surface area contributed by atoms with Gasteiger partial charge in [0.25, 0.3) is 0 Å². The second-order valence-corrected chi connectivity index (χ2v) is 2.64. The van der Waals surface area contributed by atoms with Gasteiger partial charge in [0.1, 0.15) is 0 Å². The number of rotatable bonds is 1. The highest BCUT2D eigenvalue weighted by Crippen LogP contribution is 2.14. The van der Waals surface area contributed by atoms with Crippen LogP contribution in [0.5, 0.6) is 0 Å². The Balaban J connectivity index is 2.44. The van der Waals surface area contributed by atoms with E-state index in [1.165, 1.54) is 6.08 Å². The lowest BCUT2D eigenvalue weighted by molar-refractivity contribution is -0.125. The van der Waals surface area contributed by atoms with Crippen LogP contribution in [-0.2, 0) is 4.79 Å². The molecule has 1 amide bonds. The highest BCUT2D eigenvalue weighted by molar-refractivity contribution is 5.87. The van der Waals surface area contributed by atoms with E-state index in [2.05, 4.69) is 13.5 Å². The minimum Gasteiger partial charge on any atom is -0.339 e. The average Bonchev–Trinajstić information content (AvgIpc) is 2.34. The Morgan fingerprint density at radius 3 is 2.80 bits per heavy atom. The van der Waals surface area contributed by atoms with E-state index in [4.69, 9.17) is 0 Å². The molecule has 0 bridgehead atoms. The van der Waals surface area contributed by atoms with Crippen molar-refractivity contribution in [1.82, 2.24) is 4.90 Å². The average molecular weight is 138 g/mol. The molecule has 1 heterocycles. The molecule has 1 atom stereocenters. The number of hydrogen-bond donors (Lipinski definition) is 0. The van der Waals surface area contributed by atoms with Crippen LogP contribution < -0.4 is 0 Å².